The molecule has 2 unspecified atom stereocenters. The Kier molecular flexibility index (Phi) is 4.42. The number of rotatable bonds is 5. The zero-order valence-electron chi connectivity index (χ0n) is 12.5. The van der Waals surface area contributed by atoms with Gasteiger partial charge in [-0.2, -0.15) is 0 Å². The van der Waals surface area contributed by atoms with Crippen molar-refractivity contribution in [2.75, 3.05) is 13.2 Å². The van der Waals surface area contributed by atoms with Crippen molar-refractivity contribution in [3.05, 3.63) is 42.0 Å². The zero-order chi connectivity index (χ0) is 14.7. The highest BCUT2D eigenvalue weighted by Gasteiger charge is 2.26. The van der Waals surface area contributed by atoms with Gasteiger partial charge >= 0.3 is 0 Å². The first-order valence-electron chi connectivity index (χ1n) is 7.81. The van der Waals surface area contributed by atoms with Crippen LogP contribution in [0.3, 0.4) is 0 Å². The Labute approximate surface area is 125 Å². The lowest BCUT2D eigenvalue weighted by Gasteiger charge is -2.18. The number of phenols is 1. The smallest absolute Gasteiger partial charge is 0.120 e. The monoisotopic (exact) mass is 285 g/mol. The van der Waals surface area contributed by atoms with E-state index in [0.717, 1.165) is 36.9 Å². The molecule has 1 heterocycles. The number of ether oxygens (including phenoxy) is 1. The summed E-state index contributed by atoms with van der Waals surface area (Å²) in [5.41, 5.74) is 0.986. The SMILES string of the molecule is CCC1OCCC1CNCc1c(O)ccc2ccccc12. The van der Waals surface area contributed by atoms with Crippen molar-refractivity contribution < 1.29 is 9.84 Å². The Bertz CT molecular complexity index is 611. The number of fused-ring (bicyclic) bond motifs is 1. The first-order chi connectivity index (χ1) is 10.3. The fraction of sp³-hybridized carbons (Fsp3) is 0.444. The van der Waals surface area contributed by atoms with Gasteiger partial charge in [0.1, 0.15) is 5.75 Å². The highest BCUT2D eigenvalue weighted by molar-refractivity contribution is 5.87. The Balaban J connectivity index is 1.69. The molecular formula is C18H23NO2. The van der Waals surface area contributed by atoms with E-state index >= 15 is 0 Å². The van der Waals surface area contributed by atoms with Gasteiger partial charge in [0.2, 0.25) is 0 Å². The first-order valence-corrected chi connectivity index (χ1v) is 7.81. The van der Waals surface area contributed by atoms with Gasteiger partial charge in [0.15, 0.2) is 0 Å². The van der Waals surface area contributed by atoms with Gasteiger partial charge in [-0.3, -0.25) is 0 Å². The Morgan fingerprint density at radius 1 is 1.24 bits per heavy atom. The molecule has 1 fully saturated rings. The van der Waals surface area contributed by atoms with Crippen LogP contribution >= 0.6 is 0 Å². The van der Waals surface area contributed by atoms with Gasteiger partial charge in [-0.1, -0.05) is 37.3 Å². The standard InChI is InChI=1S/C18H23NO2/c1-2-18-14(9-10-21-18)11-19-12-16-15-6-4-3-5-13(15)7-8-17(16)20/h3-8,14,18-20H,2,9-12H2,1H3. The molecule has 1 aliphatic rings. The van der Waals surface area contributed by atoms with Crippen LogP contribution in [0.1, 0.15) is 25.3 Å². The molecule has 2 N–H and O–H groups in total. The second-order valence-electron chi connectivity index (χ2n) is 5.78. The maximum atomic E-state index is 10.1. The Morgan fingerprint density at radius 3 is 2.95 bits per heavy atom. The van der Waals surface area contributed by atoms with Gasteiger partial charge in [-0.15, -0.1) is 0 Å². The molecular weight excluding hydrogens is 262 g/mol. The predicted molar refractivity (Wildman–Crippen MR) is 85.5 cm³/mol. The molecule has 3 heteroatoms. The lowest BCUT2D eigenvalue weighted by atomic mass is 9.99. The number of benzene rings is 2. The van der Waals surface area contributed by atoms with E-state index in [0.29, 0.717) is 24.3 Å². The van der Waals surface area contributed by atoms with Crippen LogP contribution in [0.5, 0.6) is 5.75 Å². The van der Waals surface area contributed by atoms with Gasteiger partial charge in [0.25, 0.3) is 0 Å². The number of hydrogen-bond acceptors (Lipinski definition) is 3. The van der Waals surface area contributed by atoms with E-state index in [1.165, 1.54) is 5.39 Å². The third-order valence-corrected chi connectivity index (χ3v) is 4.47. The maximum absolute atomic E-state index is 10.1. The van der Waals surface area contributed by atoms with Crippen LogP contribution in [0.15, 0.2) is 36.4 Å². The van der Waals surface area contributed by atoms with Gasteiger partial charge in [0.05, 0.1) is 6.10 Å². The van der Waals surface area contributed by atoms with Gasteiger partial charge < -0.3 is 15.2 Å². The van der Waals surface area contributed by atoms with E-state index in [1.54, 1.807) is 6.07 Å². The van der Waals surface area contributed by atoms with Gasteiger partial charge in [-0.05, 0) is 35.6 Å². The molecule has 2 aromatic rings. The summed E-state index contributed by atoms with van der Waals surface area (Å²) in [6, 6.07) is 11.9. The number of phenolic OH excluding ortho intramolecular Hbond substituents is 1. The van der Waals surface area contributed by atoms with Crippen LogP contribution in [-0.4, -0.2) is 24.4 Å². The van der Waals surface area contributed by atoms with Crippen LogP contribution in [0, 0.1) is 5.92 Å². The molecule has 112 valence electrons. The summed E-state index contributed by atoms with van der Waals surface area (Å²) in [6.07, 6.45) is 2.59. The predicted octanol–water partition coefficient (Wildman–Crippen LogP) is 3.45. The Hall–Kier alpha value is -1.58. The number of hydrogen-bond donors (Lipinski definition) is 2. The van der Waals surface area contributed by atoms with Crippen LogP contribution in [0.4, 0.5) is 0 Å². The van der Waals surface area contributed by atoms with Crippen molar-refractivity contribution >= 4 is 10.8 Å². The highest BCUT2D eigenvalue weighted by Crippen LogP contribution is 2.27. The maximum Gasteiger partial charge on any atom is 0.120 e. The minimum Gasteiger partial charge on any atom is -0.508 e. The van der Waals surface area contributed by atoms with Crippen LogP contribution in [0.25, 0.3) is 10.8 Å². The van der Waals surface area contributed by atoms with Crippen molar-refractivity contribution in [2.24, 2.45) is 5.92 Å². The summed E-state index contributed by atoms with van der Waals surface area (Å²) < 4.78 is 5.72. The summed E-state index contributed by atoms with van der Waals surface area (Å²) in [7, 11) is 0. The fourth-order valence-corrected chi connectivity index (χ4v) is 3.27. The fourth-order valence-electron chi connectivity index (χ4n) is 3.27. The molecule has 0 radical (unpaired) electrons. The molecule has 3 rings (SSSR count). The van der Waals surface area contributed by atoms with Crippen molar-refractivity contribution in [1.82, 2.24) is 5.32 Å². The lowest BCUT2D eigenvalue weighted by Crippen LogP contribution is -2.28. The molecule has 0 spiro atoms. The average molecular weight is 285 g/mol. The largest absolute Gasteiger partial charge is 0.508 e. The quantitative estimate of drug-likeness (QED) is 0.884. The van der Waals surface area contributed by atoms with Gasteiger partial charge in [0, 0.05) is 25.3 Å². The summed E-state index contributed by atoms with van der Waals surface area (Å²) >= 11 is 0. The van der Waals surface area contributed by atoms with E-state index < -0.39 is 0 Å². The summed E-state index contributed by atoms with van der Waals surface area (Å²) in [5.74, 6) is 0.961. The molecule has 0 bridgehead atoms. The molecule has 0 aromatic heterocycles. The molecule has 1 aliphatic heterocycles. The second kappa shape index (κ2) is 6.46. The summed E-state index contributed by atoms with van der Waals surface area (Å²) in [4.78, 5) is 0. The minimum atomic E-state index is 0.371. The Morgan fingerprint density at radius 2 is 2.10 bits per heavy atom. The van der Waals surface area contributed by atoms with Crippen LogP contribution < -0.4 is 5.32 Å². The molecule has 0 aliphatic carbocycles. The topological polar surface area (TPSA) is 41.5 Å². The number of aromatic hydroxyl groups is 1. The third kappa shape index (κ3) is 3.04. The first kappa shape index (κ1) is 14.4. The molecule has 0 amide bonds. The summed E-state index contributed by atoms with van der Waals surface area (Å²) in [5, 5.41) is 15.9. The number of nitrogens with one attached hydrogen (secondary N) is 1. The van der Waals surface area contributed by atoms with Crippen LogP contribution in [0.2, 0.25) is 0 Å². The zero-order valence-corrected chi connectivity index (χ0v) is 12.5. The summed E-state index contributed by atoms with van der Waals surface area (Å²) in [6.45, 7) is 4.70. The average Bonchev–Trinajstić information content (AvgIpc) is 2.97. The molecule has 2 atom stereocenters. The normalized spacial score (nSPS) is 22.0. The minimum absolute atomic E-state index is 0.371. The second-order valence-corrected chi connectivity index (χ2v) is 5.78. The van der Waals surface area contributed by atoms with Crippen molar-refractivity contribution in [1.29, 1.82) is 0 Å². The van der Waals surface area contributed by atoms with Crippen molar-refractivity contribution in [3.8, 4) is 5.75 Å². The van der Waals surface area contributed by atoms with Crippen molar-refractivity contribution in [3.63, 3.8) is 0 Å². The molecule has 2 aromatic carbocycles. The van der Waals surface area contributed by atoms with E-state index in [2.05, 4.69) is 24.4 Å². The van der Waals surface area contributed by atoms with E-state index in [9.17, 15) is 5.11 Å². The molecule has 3 nitrogen and oxygen atoms in total. The van der Waals surface area contributed by atoms with E-state index in [1.807, 2.05) is 18.2 Å². The van der Waals surface area contributed by atoms with Gasteiger partial charge in [-0.25, -0.2) is 0 Å². The third-order valence-electron chi connectivity index (χ3n) is 4.47. The van der Waals surface area contributed by atoms with Crippen LogP contribution in [-0.2, 0) is 11.3 Å². The molecule has 21 heavy (non-hydrogen) atoms. The van der Waals surface area contributed by atoms with E-state index in [-0.39, 0.29) is 0 Å². The van der Waals surface area contributed by atoms with E-state index in [4.69, 9.17) is 4.74 Å². The molecule has 1 saturated heterocycles. The lowest BCUT2D eigenvalue weighted by molar-refractivity contribution is 0.0872. The highest BCUT2D eigenvalue weighted by atomic mass is 16.5. The molecule has 0 saturated carbocycles. The van der Waals surface area contributed by atoms with Crippen molar-refractivity contribution in [2.45, 2.75) is 32.4 Å².